The van der Waals surface area contributed by atoms with Gasteiger partial charge in [0.25, 0.3) is 0 Å². The van der Waals surface area contributed by atoms with Crippen molar-refractivity contribution in [1.82, 2.24) is 4.90 Å². The zero-order chi connectivity index (χ0) is 13.0. The summed E-state index contributed by atoms with van der Waals surface area (Å²) in [7, 11) is 0. The third-order valence-corrected chi connectivity index (χ3v) is 3.54. The standard InChI is InChI=1S/C14H19NO3/c16-10-9-15(8-7-14(17)18)13-6-5-11-3-1-2-4-12(11)13/h1-4,13,16H,5-10H2,(H,17,18). The molecule has 0 heterocycles. The molecule has 1 aliphatic rings. The van der Waals surface area contributed by atoms with E-state index >= 15 is 0 Å². The average Bonchev–Trinajstić information content (AvgIpc) is 2.78. The summed E-state index contributed by atoms with van der Waals surface area (Å²) in [6, 6.07) is 8.55. The summed E-state index contributed by atoms with van der Waals surface area (Å²) in [5, 5.41) is 17.9. The highest BCUT2D eigenvalue weighted by Crippen LogP contribution is 2.35. The van der Waals surface area contributed by atoms with Crippen LogP contribution in [0.15, 0.2) is 24.3 Å². The highest BCUT2D eigenvalue weighted by Gasteiger charge is 2.27. The third kappa shape index (κ3) is 2.89. The number of fused-ring (bicyclic) bond motifs is 1. The van der Waals surface area contributed by atoms with Gasteiger partial charge in [0.2, 0.25) is 0 Å². The van der Waals surface area contributed by atoms with Gasteiger partial charge in [-0.2, -0.15) is 0 Å². The molecule has 2 rings (SSSR count). The predicted molar refractivity (Wildman–Crippen MR) is 68.4 cm³/mol. The molecule has 0 amide bonds. The highest BCUT2D eigenvalue weighted by molar-refractivity contribution is 5.66. The number of aliphatic carboxylic acids is 1. The van der Waals surface area contributed by atoms with Crippen molar-refractivity contribution in [3.8, 4) is 0 Å². The van der Waals surface area contributed by atoms with Gasteiger partial charge in [0, 0.05) is 19.1 Å². The summed E-state index contributed by atoms with van der Waals surface area (Å²) in [5.41, 5.74) is 2.64. The van der Waals surface area contributed by atoms with Crippen LogP contribution in [0.2, 0.25) is 0 Å². The summed E-state index contributed by atoms with van der Waals surface area (Å²) < 4.78 is 0. The first-order chi connectivity index (χ1) is 8.72. The topological polar surface area (TPSA) is 60.8 Å². The van der Waals surface area contributed by atoms with Crippen LogP contribution in [0.3, 0.4) is 0 Å². The second-order valence-electron chi connectivity index (χ2n) is 4.66. The summed E-state index contributed by atoms with van der Waals surface area (Å²) in [6.07, 6.45) is 2.17. The second kappa shape index (κ2) is 5.98. The Balaban J connectivity index is 2.10. The van der Waals surface area contributed by atoms with Crippen LogP contribution in [-0.4, -0.2) is 40.8 Å². The highest BCUT2D eigenvalue weighted by atomic mass is 16.4. The minimum atomic E-state index is -0.788. The van der Waals surface area contributed by atoms with Gasteiger partial charge in [0.1, 0.15) is 0 Å². The quantitative estimate of drug-likeness (QED) is 0.801. The van der Waals surface area contributed by atoms with Crippen LogP contribution in [0, 0.1) is 0 Å². The maximum Gasteiger partial charge on any atom is 0.304 e. The van der Waals surface area contributed by atoms with Gasteiger partial charge in [-0.1, -0.05) is 24.3 Å². The van der Waals surface area contributed by atoms with E-state index in [1.54, 1.807) is 0 Å². The van der Waals surface area contributed by atoms with Gasteiger partial charge < -0.3 is 10.2 Å². The van der Waals surface area contributed by atoms with Crippen LogP contribution in [0.5, 0.6) is 0 Å². The van der Waals surface area contributed by atoms with E-state index in [1.807, 2.05) is 12.1 Å². The molecule has 18 heavy (non-hydrogen) atoms. The molecular formula is C14H19NO3. The molecule has 0 fully saturated rings. The van der Waals surface area contributed by atoms with Crippen LogP contribution in [-0.2, 0) is 11.2 Å². The van der Waals surface area contributed by atoms with Crippen molar-refractivity contribution in [3.63, 3.8) is 0 Å². The molecule has 0 saturated heterocycles. The number of carboxylic acids is 1. The van der Waals surface area contributed by atoms with Gasteiger partial charge in [-0.3, -0.25) is 9.69 Å². The molecule has 0 aromatic heterocycles. The fraction of sp³-hybridized carbons (Fsp3) is 0.500. The van der Waals surface area contributed by atoms with Crippen molar-refractivity contribution in [2.75, 3.05) is 19.7 Å². The number of nitrogens with zero attached hydrogens (tertiary/aromatic N) is 1. The molecule has 0 aliphatic heterocycles. The molecule has 4 heteroatoms. The Morgan fingerprint density at radius 3 is 2.83 bits per heavy atom. The summed E-state index contributed by atoms with van der Waals surface area (Å²) in [4.78, 5) is 12.8. The van der Waals surface area contributed by atoms with Gasteiger partial charge in [0.05, 0.1) is 13.0 Å². The fourth-order valence-corrected chi connectivity index (χ4v) is 2.71. The van der Waals surface area contributed by atoms with Crippen molar-refractivity contribution >= 4 is 5.97 Å². The Hall–Kier alpha value is -1.39. The lowest BCUT2D eigenvalue weighted by Crippen LogP contribution is -2.32. The van der Waals surface area contributed by atoms with E-state index in [0.717, 1.165) is 12.8 Å². The van der Waals surface area contributed by atoms with E-state index in [0.29, 0.717) is 13.1 Å². The first kappa shape index (κ1) is 13.1. The Morgan fingerprint density at radius 1 is 1.33 bits per heavy atom. The molecule has 1 aliphatic carbocycles. The van der Waals surface area contributed by atoms with Crippen LogP contribution < -0.4 is 0 Å². The number of carbonyl (C=O) groups is 1. The van der Waals surface area contributed by atoms with Crippen LogP contribution in [0.25, 0.3) is 0 Å². The van der Waals surface area contributed by atoms with Crippen molar-refractivity contribution in [2.45, 2.75) is 25.3 Å². The summed E-state index contributed by atoms with van der Waals surface area (Å²) in [6.45, 7) is 1.10. The molecule has 0 saturated carbocycles. The Bertz CT molecular complexity index is 419. The number of benzene rings is 1. The molecule has 1 aromatic carbocycles. The molecule has 4 nitrogen and oxygen atoms in total. The minimum Gasteiger partial charge on any atom is -0.481 e. The maximum absolute atomic E-state index is 10.7. The molecule has 0 radical (unpaired) electrons. The number of aryl methyl sites for hydroxylation is 1. The zero-order valence-electron chi connectivity index (χ0n) is 10.4. The monoisotopic (exact) mass is 249 g/mol. The number of hydrogen-bond donors (Lipinski definition) is 2. The maximum atomic E-state index is 10.7. The first-order valence-electron chi connectivity index (χ1n) is 6.37. The molecule has 98 valence electrons. The number of hydrogen-bond acceptors (Lipinski definition) is 3. The minimum absolute atomic E-state index is 0.0677. The third-order valence-electron chi connectivity index (χ3n) is 3.54. The lowest BCUT2D eigenvalue weighted by atomic mass is 10.1. The largest absolute Gasteiger partial charge is 0.481 e. The first-order valence-corrected chi connectivity index (χ1v) is 6.37. The van der Waals surface area contributed by atoms with E-state index in [2.05, 4.69) is 17.0 Å². The lowest BCUT2D eigenvalue weighted by Gasteiger charge is -2.28. The number of aliphatic hydroxyl groups excluding tert-OH is 1. The van der Waals surface area contributed by atoms with Crippen molar-refractivity contribution in [3.05, 3.63) is 35.4 Å². The van der Waals surface area contributed by atoms with Crippen molar-refractivity contribution in [1.29, 1.82) is 0 Å². The smallest absolute Gasteiger partial charge is 0.304 e. The molecule has 0 bridgehead atoms. The molecular weight excluding hydrogens is 230 g/mol. The summed E-state index contributed by atoms with van der Waals surface area (Å²) in [5.74, 6) is -0.788. The van der Waals surface area contributed by atoms with Gasteiger partial charge in [-0.05, 0) is 24.0 Å². The van der Waals surface area contributed by atoms with E-state index < -0.39 is 5.97 Å². The van der Waals surface area contributed by atoms with Crippen LogP contribution in [0.1, 0.15) is 30.0 Å². The van der Waals surface area contributed by atoms with Gasteiger partial charge in [-0.25, -0.2) is 0 Å². The van der Waals surface area contributed by atoms with E-state index in [9.17, 15) is 4.79 Å². The van der Waals surface area contributed by atoms with Crippen molar-refractivity contribution in [2.24, 2.45) is 0 Å². The molecule has 1 atom stereocenters. The number of carboxylic acid groups (broad SMARTS) is 1. The van der Waals surface area contributed by atoms with E-state index in [1.165, 1.54) is 11.1 Å². The van der Waals surface area contributed by atoms with Gasteiger partial charge >= 0.3 is 5.97 Å². The molecule has 1 aromatic rings. The average molecular weight is 249 g/mol. The Kier molecular flexibility index (Phi) is 4.33. The van der Waals surface area contributed by atoms with E-state index in [4.69, 9.17) is 10.2 Å². The number of rotatable bonds is 6. The van der Waals surface area contributed by atoms with E-state index in [-0.39, 0.29) is 19.1 Å². The van der Waals surface area contributed by atoms with Crippen LogP contribution in [0.4, 0.5) is 0 Å². The molecule has 0 spiro atoms. The Labute approximate surface area is 107 Å². The van der Waals surface area contributed by atoms with Crippen molar-refractivity contribution < 1.29 is 15.0 Å². The molecule has 2 N–H and O–H groups in total. The lowest BCUT2D eigenvalue weighted by molar-refractivity contribution is -0.137. The molecule has 1 unspecified atom stereocenters. The predicted octanol–water partition coefficient (Wildman–Crippen LogP) is 1.44. The van der Waals surface area contributed by atoms with Gasteiger partial charge in [0.15, 0.2) is 0 Å². The SMILES string of the molecule is O=C(O)CCN(CCO)C1CCc2ccccc21. The second-order valence-corrected chi connectivity index (χ2v) is 4.66. The summed E-state index contributed by atoms with van der Waals surface area (Å²) >= 11 is 0. The zero-order valence-corrected chi connectivity index (χ0v) is 10.4. The van der Waals surface area contributed by atoms with Crippen LogP contribution >= 0.6 is 0 Å². The normalized spacial score (nSPS) is 18.0. The van der Waals surface area contributed by atoms with Gasteiger partial charge in [-0.15, -0.1) is 0 Å². The Morgan fingerprint density at radius 2 is 2.11 bits per heavy atom. The number of aliphatic hydroxyl groups is 1. The fourth-order valence-electron chi connectivity index (χ4n) is 2.71.